The molecule has 0 heterocycles. The molecular weight excluding hydrogens is 204 g/mol. The molecule has 1 rings (SSSR count). The molecule has 13 heavy (non-hydrogen) atoms. The smallest absolute Gasteiger partial charge is 0.768 e. The fraction of sp³-hybridized carbons (Fsp3) is 0. The largest absolute Gasteiger partial charge is 1.00 e. The van der Waals surface area contributed by atoms with E-state index in [1.54, 1.807) is 6.07 Å². The third-order valence-electron chi connectivity index (χ3n) is 1.25. The van der Waals surface area contributed by atoms with Crippen LogP contribution in [-0.2, 0) is 11.1 Å². The van der Waals surface area contributed by atoms with Crippen LogP contribution in [0.1, 0.15) is 5.56 Å². The molecule has 0 saturated heterocycles. The topological polar surface area (TPSA) is 63.9 Å². The third kappa shape index (κ3) is 3.18. The number of halogens is 1. The van der Waals surface area contributed by atoms with Crippen LogP contribution in [-0.4, -0.2) is 8.76 Å². The van der Waals surface area contributed by atoms with Crippen molar-refractivity contribution in [3.63, 3.8) is 0 Å². The van der Waals surface area contributed by atoms with Gasteiger partial charge in [-0.05, 0) is 29.3 Å². The molecule has 6 heteroatoms. The number of nitriles is 1. The van der Waals surface area contributed by atoms with Crippen LogP contribution in [0, 0.1) is 17.1 Å². The fourth-order valence-electron chi connectivity index (χ4n) is 0.690. The minimum atomic E-state index is -2.45. The summed E-state index contributed by atoms with van der Waals surface area (Å²) in [5, 5.41) is 8.30. The minimum Gasteiger partial charge on any atom is -0.768 e. The van der Waals surface area contributed by atoms with Crippen molar-refractivity contribution in [3.8, 4) is 6.07 Å². The summed E-state index contributed by atoms with van der Waals surface area (Å²) in [6.45, 7) is 0. The molecule has 0 bridgehead atoms. The van der Waals surface area contributed by atoms with Crippen LogP contribution in [0.3, 0.4) is 0 Å². The Balaban J connectivity index is 0.00000144. The second kappa shape index (κ2) is 5.47. The molecule has 62 valence electrons. The zero-order valence-electron chi connectivity index (χ0n) is 6.78. The first kappa shape index (κ1) is 12.8. The zero-order chi connectivity index (χ0) is 9.14. The van der Waals surface area contributed by atoms with E-state index >= 15 is 0 Å². The van der Waals surface area contributed by atoms with Gasteiger partial charge in [0.25, 0.3) is 0 Å². The first-order valence-corrected chi connectivity index (χ1v) is 4.01. The Bertz CT molecular complexity index is 377. The van der Waals surface area contributed by atoms with Crippen LogP contribution in [0.5, 0.6) is 0 Å². The molecule has 0 N–H and O–H groups in total. The van der Waals surface area contributed by atoms with Crippen LogP contribution in [0.15, 0.2) is 23.1 Å². The number of rotatable bonds is 1. The molecule has 0 amide bonds. The number of hydrogen-bond donors (Lipinski definition) is 0. The molecular formula is C7H3FNNaO2S. The van der Waals surface area contributed by atoms with Crippen LogP contribution in [0.4, 0.5) is 4.39 Å². The van der Waals surface area contributed by atoms with Gasteiger partial charge in [0.15, 0.2) is 0 Å². The molecule has 0 saturated carbocycles. The predicted molar refractivity (Wildman–Crippen MR) is 38.3 cm³/mol. The summed E-state index contributed by atoms with van der Waals surface area (Å²) in [6, 6.07) is 4.69. The van der Waals surface area contributed by atoms with Gasteiger partial charge in [0.05, 0.1) is 5.56 Å². The van der Waals surface area contributed by atoms with Gasteiger partial charge in [0, 0.05) is 4.90 Å². The quantitative estimate of drug-likeness (QED) is 0.393. The molecule has 0 spiro atoms. The molecule has 1 aromatic rings. The molecule has 0 aliphatic rings. The van der Waals surface area contributed by atoms with Crippen molar-refractivity contribution in [3.05, 3.63) is 29.6 Å². The van der Waals surface area contributed by atoms with E-state index in [1.807, 2.05) is 0 Å². The summed E-state index contributed by atoms with van der Waals surface area (Å²) >= 11 is -2.45. The average molecular weight is 207 g/mol. The molecule has 3 nitrogen and oxygen atoms in total. The Hall–Kier alpha value is -0.250. The van der Waals surface area contributed by atoms with E-state index in [4.69, 9.17) is 5.26 Å². The Morgan fingerprint density at radius 2 is 2.15 bits per heavy atom. The van der Waals surface area contributed by atoms with Gasteiger partial charge in [-0.3, -0.25) is 4.21 Å². The van der Waals surface area contributed by atoms with Gasteiger partial charge in [0.2, 0.25) is 0 Å². The maximum Gasteiger partial charge on any atom is 1.00 e. The summed E-state index contributed by atoms with van der Waals surface area (Å²) < 4.78 is 33.3. The van der Waals surface area contributed by atoms with Crippen LogP contribution < -0.4 is 29.6 Å². The van der Waals surface area contributed by atoms with Crippen molar-refractivity contribution >= 4 is 11.1 Å². The predicted octanol–water partition coefficient (Wildman–Crippen LogP) is -2.06. The van der Waals surface area contributed by atoms with E-state index in [0.29, 0.717) is 0 Å². The maximum atomic E-state index is 12.7. The molecule has 0 aromatic heterocycles. The average Bonchev–Trinajstić information content (AvgIpc) is 2.04. The molecule has 0 aliphatic carbocycles. The Morgan fingerprint density at radius 3 is 2.54 bits per heavy atom. The minimum absolute atomic E-state index is 0. The van der Waals surface area contributed by atoms with Gasteiger partial charge in [-0.1, -0.05) is 0 Å². The molecule has 1 unspecified atom stereocenters. The van der Waals surface area contributed by atoms with Gasteiger partial charge in [0.1, 0.15) is 11.9 Å². The monoisotopic (exact) mass is 207 g/mol. The maximum absolute atomic E-state index is 12.7. The fourth-order valence-corrected chi connectivity index (χ4v) is 1.07. The summed E-state index contributed by atoms with van der Waals surface area (Å²) in [6.07, 6.45) is 0. The van der Waals surface area contributed by atoms with E-state index < -0.39 is 16.9 Å². The SMILES string of the molecule is N#Cc1ccc(S(=O)[O-])cc1F.[Na+]. The van der Waals surface area contributed by atoms with E-state index in [0.717, 1.165) is 12.1 Å². The summed E-state index contributed by atoms with van der Waals surface area (Å²) in [5.41, 5.74) is -0.163. The summed E-state index contributed by atoms with van der Waals surface area (Å²) in [5.74, 6) is -0.820. The Morgan fingerprint density at radius 1 is 1.54 bits per heavy atom. The van der Waals surface area contributed by atoms with Crippen molar-refractivity contribution in [1.82, 2.24) is 0 Å². The first-order chi connectivity index (χ1) is 5.65. The standard InChI is InChI=1S/C7H4FNO2S.Na/c8-7-3-6(12(10)11)2-1-5(7)4-9;/h1-3H,(H,10,11);/q;+1/p-1. The zero-order valence-corrected chi connectivity index (χ0v) is 9.60. The normalized spacial score (nSPS) is 11.2. The Labute approximate surface area is 99.1 Å². The van der Waals surface area contributed by atoms with E-state index in [9.17, 15) is 13.2 Å². The second-order valence-corrected chi connectivity index (χ2v) is 2.93. The first-order valence-electron chi connectivity index (χ1n) is 2.94. The van der Waals surface area contributed by atoms with Gasteiger partial charge >= 0.3 is 29.6 Å². The third-order valence-corrected chi connectivity index (χ3v) is 1.89. The van der Waals surface area contributed by atoms with Crippen molar-refractivity contribution in [2.24, 2.45) is 0 Å². The number of hydrogen-bond acceptors (Lipinski definition) is 3. The van der Waals surface area contributed by atoms with Crippen molar-refractivity contribution in [2.45, 2.75) is 4.90 Å². The number of nitrogens with zero attached hydrogens (tertiary/aromatic N) is 1. The van der Waals surface area contributed by atoms with E-state index in [2.05, 4.69) is 0 Å². The Kier molecular flexibility index (Phi) is 5.37. The van der Waals surface area contributed by atoms with Crippen molar-refractivity contribution in [1.29, 1.82) is 5.26 Å². The molecule has 0 radical (unpaired) electrons. The van der Waals surface area contributed by atoms with Gasteiger partial charge < -0.3 is 4.55 Å². The second-order valence-electron chi connectivity index (χ2n) is 1.99. The molecule has 0 aliphatic heterocycles. The van der Waals surface area contributed by atoms with Gasteiger partial charge in [-0.2, -0.15) is 5.26 Å². The van der Waals surface area contributed by atoms with Crippen LogP contribution in [0.25, 0.3) is 0 Å². The number of benzene rings is 1. The van der Waals surface area contributed by atoms with Crippen LogP contribution >= 0.6 is 0 Å². The molecule has 1 aromatic carbocycles. The van der Waals surface area contributed by atoms with E-state index in [-0.39, 0.29) is 40.0 Å². The van der Waals surface area contributed by atoms with Crippen molar-refractivity contribution in [2.75, 3.05) is 0 Å². The van der Waals surface area contributed by atoms with Gasteiger partial charge in [-0.15, -0.1) is 0 Å². The van der Waals surface area contributed by atoms with E-state index in [1.165, 1.54) is 6.07 Å². The molecule has 0 fully saturated rings. The van der Waals surface area contributed by atoms with Crippen molar-refractivity contribution < 1.29 is 42.7 Å². The van der Waals surface area contributed by atoms with Crippen LogP contribution in [0.2, 0.25) is 0 Å². The molecule has 1 atom stereocenters. The summed E-state index contributed by atoms with van der Waals surface area (Å²) in [4.78, 5) is -0.161. The summed E-state index contributed by atoms with van der Waals surface area (Å²) in [7, 11) is 0. The van der Waals surface area contributed by atoms with Gasteiger partial charge in [-0.25, -0.2) is 4.39 Å².